The number of rotatable bonds is 6. The van der Waals surface area contributed by atoms with Crippen LogP contribution >= 0.6 is 0 Å². The van der Waals surface area contributed by atoms with Gasteiger partial charge in [-0.15, -0.1) is 6.58 Å². The molecular formula is C20H32N2O5. The molecule has 1 N–H and O–H groups in total. The Morgan fingerprint density at radius 2 is 2.04 bits per heavy atom. The van der Waals surface area contributed by atoms with Gasteiger partial charge in [-0.05, 0) is 38.7 Å². The molecule has 27 heavy (non-hydrogen) atoms. The first-order chi connectivity index (χ1) is 12.9. The highest BCUT2D eigenvalue weighted by atomic mass is 16.6. The van der Waals surface area contributed by atoms with Crippen LogP contribution in [0, 0.1) is 5.92 Å². The number of morpholine rings is 1. The van der Waals surface area contributed by atoms with Crippen molar-refractivity contribution in [2.45, 2.75) is 58.0 Å². The molecule has 0 aliphatic carbocycles. The van der Waals surface area contributed by atoms with E-state index in [2.05, 4.69) is 18.8 Å². The number of nitrogens with one attached hydrogen (secondary N) is 1. The van der Waals surface area contributed by atoms with E-state index in [0.717, 1.165) is 12.8 Å². The molecule has 0 aromatic rings. The third kappa shape index (κ3) is 6.66. The van der Waals surface area contributed by atoms with E-state index in [4.69, 9.17) is 14.2 Å². The van der Waals surface area contributed by atoms with Crippen LogP contribution in [0.3, 0.4) is 0 Å². The molecule has 2 heterocycles. The Labute approximate surface area is 161 Å². The number of hydrogen-bond acceptors (Lipinski definition) is 5. The SMILES string of the molecule is C=CC[C@@H]1O[C@H](C)[C@H](NC(=O)C=C[C@H](C)OC(=O)N2CCOCC2)C[C@@H]1C. The maximum Gasteiger partial charge on any atom is 0.410 e. The lowest BCUT2D eigenvalue weighted by Gasteiger charge is -2.39. The zero-order valence-corrected chi connectivity index (χ0v) is 16.6. The fraction of sp³-hybridized carbons (Fsp3) is 0.700. The van der Waals surface area contributed by atoms with Crippen molar-refractivity contribution in [2.24, 2.45) is 5.92 Å². The number of carbonyl (C=O) groups is 2. The van der Waals surface area contributed by atoms with Crippen molar-refractivity contribution in [3.8, 4) is 0 Å². The summed E-state index contributed by atoms with van der Waals surface area (Å²) in [4.78, 5) is 25.9. The quantitative estimate of drug-likeness (QED) is 0.565. The molecule has 0 spiro atoms. The van der Waals surface area contributed by atoms with Gasteiger partial charge in [-0.3, -0.25) is 4.79 Å². The van der Waals surface area contributed by atoms with Gasteiger partial charge >= 0.3 is 6.09 Å². The molecule has 0 unspecified atom stereocenters. The number of carbonyl (C=O) groups excluding carboxylic acids is 2. The number of amides is 2. The third-order valence-electron chi connectivity index (χ3n) is 5.02. The maximum atomic E-state index is 12.2. The molecule has 2 fully saturated rings. The molecule has 0 aromatic heterocycles. The van der Waals surface area contributed by atoms with Crippen LogP contribution in [0.4, 0.5) is 4.79 Å². The zero-order valence-electron chi connectivity index (χ0n) is 16.6. The molecule has 5 atom stereocenters. The van der Waals surface area contributed by atoms with E-state index >= 15 is 0 Å². The first kappa shape index (κ1) is 21.4. The van der Waals surface area contributed by atoms with Gasteiger partial charge < -0.3 is 24.4 Å². The van der Waals surface area contributed by atoms with E-state index in [9.17, 15) is 9.59 Å². The molecule has 152 valence electrons. The molecule has 2 rings (SSSR count). The molecule has 2 aliphatic heterocycles. The van der Waals surface area contributed by atoms with Crippen LogP contribution in [0.2, 0.25) is 0 Å². The van der Waals surface area contributed by atoms with Crippen molar-refractivity contribution in [1.29, 1.82) is 0 Å². The summed E-state index contributed by atoms with van der Waals surface area (Å²) in [6.45, 7) is 11.7. The van der Waals surface area contributed by atoms with Gasteiger partial charge in [0, 0.05) is 19.2 Å². The highest BCUT2D eigenvalue weighted by molar-refractivity contribution is 5.87. The molecular weight excluding hydrogens is 348 g/mol. The van der Waals surface area contributed by atoms with Crippen LogP contribution in [0.5, 0.6) is 0 Å². The Morgan fingerprint density at radius 1 is 1.33 bits per heavy atom. The topological polar surface area (TPSA) is 77.1 Å². The standard InChI is InChI=1S/C20H32N2O5/c1-5-6-18-14(2)13-17(16(4)27-18)21-19(23)8-7-15(3)26-20(24)22-9-11-25-12-10-22/h5,7-8,14-18H,1,6,9-13H2,2-4H3,(H,21,23)/t14-,15-,16+,17+,18-/m0/s1. The predicted molar refractivity (Wildman–Crippen MR) is 102 cm³/mol. The van der Waals surface area contributed by atoms with E-state index in [-0.39, 0.29) is 30.3 Å². The average molecular weight is 380 g/mol. The van der Waals surface area contributed by atoms with Crippen LogP contribution in [0.1, 0.15) is 33.6 Å². The van der Waals surface area contributed by atoms with Crippen molar-refractivity contribution in [3.05, 3.63) is 24.8 Å². The van der Waals surface area contributed by atoms with Crippen LogP contribution in [-0.2, 0) is 19.0 Å². The van der Waals surface area contributed by atoms with Gasteiger partial charge in [-0.2, -0.15) is 0 Å². The third-order valence-corrected chi connectivity index (χ3v) is 5.02. The average Bonchev–Trinajstić information content (AvgIpc) is 2.65. The monoisotopic (exact) mass is 380 g/mol. The van der Waals surface area contributed by atoms with Crippen LogP contribution in [0.25, 0.3) is 0 Å². The maximum absolute atomic E-state index is 12.2. The summed E-state index contributed by atoms with van der Waals surface area (Å²) >= 11 is 0. The smallest absolute Gasteiger partial charge is 0.410 e. The first-order valence-corrected chi connectivity index (χ1v) is 9.69. The second kappa shape index (κ2) is 10.5. The van der Waals surface area contributed by atoms with Gasteiger partial charge in [-0.1, -0.05) is 13.0 Å². The molecule has 0 saturated carbocycles. The summed E-state index contributed by atoms with van der Waals surface area (Å²) in [5.74, 6) is 0.140. The molecule has 7 nitrogen and oxygen atoms in total. The summed E-state index contributed by atoms with van der Waals surface area (Å²) in [5, 5.41) is 2.99. The van der Waals surface area contributed by atoms with E-state index in [0.29, 0.717) is 32.2 Å². The minimum absolute atomic E-state index is 0.0376. The lowest BCUT2D eigenvalue weighted by atomic mass is 9.88. The van der Waals surface area contributed by atoms with Crippen LogP contribution < -0.4 is 5.32 Å². The van der Waals surface area contributed by atoms with E-state index in [1.807, 2.05) is 13.0 Å². The molecule has 2 aliphatic rings. The number of hydrogen-bond donors (Lipinski definition) is 1. The lowest BCUT2D eigenvalue weighted by Crippen LogP contribution is -2.50. The molecule has 7 heteroatoms. The molecule has 0 radical (unpaired) electrons. The minimum atomic E-state index is -0.484. The van der Waals surface area contributed by atoms with Crippen LogP contribution in [-0.4, -0.2) is 67.6 Å². The number of nitrogens with zero attached hydrogens (tertiary/aromatic N) is 1. The summed E-state index contributed by atoms with van der Waals surface area (Å²) < 4.78 is 16.6. The second-order valence-corrected chi connectivity index (χ2v) is 7.28. The molecule has 0 bridgehead atoms. The van der Waals surface area contributed by atoms with Crippen LogP contribution in [0.15, 0.2) is 24.8 Å². The van der Waals surface area contributed by atoms with E-state index in [1.165, 1.54) is 6.08 Å². The summed E-state index contributed by atoms with van der Waals surface area (Å²) in [5.41, 5.74) is 0. The van der Waals surface area contributed by atoms with Gasteiger partial charge in [0.15, 0.2) is 0 Å². The highest BCUT2D eigenvalue weighted by Gasteiger charge is 2.33. The normalized spacial score (nSPS) is 30.0. The van der Waals surface area contributed by atoms with Gasteiger partial charge in [0.25, 0.3) is 0 Å². The molecule has 2 amide bonds. The van der Waals surface area contributed by atoms with Crippen molar-refractivity contribution < 1.29 is 23.8 Å². The zero-order chi connectivity index (χ0) is 19.8. The van der Waals surface area contributed by atoms with Crippen molar-refractivity contribution in [1.82, 2.24) is 10.2 Å². The van der Waals surface area contributed by atoms with Gasteiger partial charge in [0.1, 0.15) is 6.10 Å². The lowest BCUT2D eigenvalue weighted by molar-refractivity contribution is -0.123. The molecule has 0 aromatic carbocycles. The summed E-state index contributed by atoms with van der Waals surface area (Å²) in [6, 6.07) is -0.0376. The summed E-state index contributed by atoms with van der Waals surface area (Å²) in [6.07, 6.45) is 5.79. The largest absolute Gasteiger partial charge is 0.442 e. The minimum Gasteiger partial charge on any atom is -0.442 e. The second-order valence-electron chi connectivity index (χ2n) is 7.28. The van der Waals surface area contributed by atoms with Gasteiger partial charge in [-0.25, -0.2) is 4.79 Å². The highest BCUT2D eigenvalue weighted by Crippen LogP contribution is 2.27. The van der Waals surface area contributed by atoms with Crippen molar-refractivity contribution >= 4 is 12.0 Å². The molecule has 2 saturated heterocycles. The van der Waals surface area contributed by atoms with Gasteiger partial charge in [0.05, 0.1) is 31.5 Å². The fourth-order valence-corrected chi connectivity index (χ4v) is 3.35. The predicted octanol–water partition coefficient (Wildman–Crippen LogP) is 2.27. The Kier molecular flexibility index (Phi) is 8.31. The van der Waals surface area contributed by atoms with E-state index in [1.54, 1.807) is 17.9 Å². The fourth-order valence-electron chi connectivity index (χ4n) is 3.35. The Balaban J connectivity index is 1.77. The Bertz CT molecular complexity index is 544. The van der Waals surface area contributed by atoms with Gasteiger partial charge in [0.2, 0.25) is 5.91 Å². The Hall–Kier alpha value is -1.86. The van der Waals surface area contributed by atoms with E-state index < -0.39 is 6.10 Å². The van der Waals surface area contributed by atoms with Crippen molar-refractivity contribution in [2.75, 3.05) is 26.3 Å². The Morgan fingerprint density at radius 3 is 2.70 bits per heavy atom. The van der Waals surface area contributed by atoms with Crippen molar-refractivity contribution in [3.63, 3.8) is 0 Å². The first-order valence-electron chi connectivity index (χ1n) is 9.69. The number of ether oxygens (including phenoxy) is 3. The summed E-state index contributed by atoms with van der Waals surface area (Å²) in [7, 11) is 0.